The van der Waals surface area contributed by atoms with Gasteiger partial charge in [0.25, 0.3) is 0 Å². The van der Waals surface area contributed by atoms with Gasteiger partial charge in [-0.3, -0.25) is 0 Å². The number of hydrogen-bond donors (Lipinski definition) is 0. The minimum absolute atomic E-state index is 0.183. The molecular weight excluding hydrogens is 212 g/mol. The van der Waals surface area contributed by atoms with Crippen LogP contribution in [0.4, 0.5) is 4.79 Å². The first-order valence-corrected chi connectivity index (χ1v) is 6.41. The quantitative estimate of drug-likeness (QED) is 0.640. The first-order chi connectivity index (χ1) is 7.15. The van der Waals surface area contributed by atoms with Crippen molar-refractivity contribution in [2.24, 2.45) is 17.8 Å². The molecular formula is C12H17ClO2. The highest BCUT2D eigenvalue weighted by atomic mass is 35.5. The van der Waals surface area contributed by atoms with Gasteiger partial charge >= 0.3 is 5.43 Å². The van der Waals surface area contributed by atoms with E-state index in [1.165, 1.54) is 25.7 Å². The third-order valence-electron chi connectivity index (χ3n) is 4.63. The van der Waals surface area contributed by atoms with Crippen molar-refractivity contribution in [1.82, 2.24) is 0 Å². The summed E-state index contributed by atoms with van der Waals surface area (Å²) in [5, 5.41) is 0. The standard InChI is InChI=1S/C12H17ClO2/c13-11(14)15-12-2-1-8-3-9(6-12)5-10(4-8)7-12/h8-10H,1-7H2/t8?,9-,10+,12?. The normalized spacial score (nSPS) is 47.7. The minimum Gasteiger partial charge on any atom is -0.447 e. The molecule has 3 heteroatoms. The lowest BCUT2D eigenvalue weighted by Crippen LogP contribution is -2.42. The molecule has 4 aliphatic carbocycles. The van der Waals surface area contributed by atoms with Crippen LogP contribution in [-0.4, -0.2) is 11.0 Å². The molecule has 4 saturated carbocycles. The zero-order valence-corrected chi connectivity index (χ0v) is 9.63. The maximum Gasteiger partial charge on any atom is 0.404 e. The van der Waals surface area contributed by atoms with Crippen LogP contribution < -0.4 is 0 Å². The van der Waals surface area contributed by atoms with Crippen LogP contribution in [0, 0.1) is 17.8 Å². The Bertz CT molecular complexity index is 275. The second-order valence-electron chi connectivity index (χ2n) is 5.77. The number of halogens is 1. The lowest BCUT2D eigenvalue weighted by molar-refractivity contribution is -0.0433. The molecule has 4 rings (SSSR count). The molecule has 15 heavy (non-hydrogen) atoms. The van der Waals surface area contributed by atoms with Gasteiger partial charge in [0.15, 0.2) is 0 Å². The van der Waals surface area contributed by atoms with Crippen LogP contribution in [0.2, 0.25) is 0 Å². The number of ether oxygens (including phenoxy) is 1. The van der Waals surface area contributed by atoms with Crippen LogP contribution in [-0.2, 0) is 4.74 Å². The first-order valence-electron chi connectivity index (χ1n) is 6.04. The highest BCUT2D eigenvalue weighted by Gasteiger charge is 2.49. The van der Waals surface area contributed by atoms with Crippen LogP contribution >= 0.6 is 11.6 Å². The predicted molar refractivity (Wildman–Crippen MR) is 57.9 cm³/mol. The van der Waals surface area contributed by atoms with Crippen molar-refractivity contribution in [3.8, 4) is 0 Å². The zero-order chi connectivity index (χ0) is 10.5. The summed E-state index contributed by atoms with van der Waals surface area (Å²) in [6, 6.07) is 0. The van der Waals surface area contributed by atoms with Gasteiger partial charge in [-0.05, 0) is 62.7 Å². The molecule has 0 spiro atoms. The summed E-state index contributed by atoms with van der Waals surface area (Å²) in [5.41, 5.74) is -0.785. The van der Waals surface area contributed by atoms with E-state index in [0.717, 1.165) is 37.0 Å². The third kappa shape index (κ3) is 1.77. The van der Waals surface area contributed by atoms with E-state index >= 15 is 0 Å². The summed E-state index contributed by atoms with van der Waals surface area (Å²) in [4.78, 5) is 11.0. The molecule has 0 heterocycles. The van der Waals surface area contributed by atoms with Gasteiger partial charge in [-0.15, -0.1) is 0 Å². The van der Waals surface area contributed by atoms with Gasteiger partial charge in [-0.1, -0.05) is 0 Å². The SMILES string of the molecule is O=C(Cl)OC12CCC3C[C@H](C[C@H](C3)C1)C2. The molecule has 84 valence electrons. The van der Waals surface area contributed by atoms with Crippen molar-refractivity contribution >= 4 is 17.0 Å². The summed E-state index contributed by atoms with van der Waals surface area (Å²) in [6.45, 7) is 0. The number of carbonyl (C=O) groups excluding carboxylic acids is 1. The van der Waals surface area contributed by atoms with Crippen LogP contribution in [0.15, 0.2) is 0 Å². The summed E-state index contributed by atoms with van der Waals surface area (Å²) in [7, 11) is 0. The third-order valence-corrected chi connectivity index (χ3v) is 4.70. The molecule has 2 unspecified atom stereocenters. The van der Waals surface area contributed by atoms with E-state index in [2.05, 4.69) is 0 Å². The lowest BCUT2D eigenvalue weighted by atomic mass is 9.66. The van der Waals surface area contributed by atoms with Gasteiger partial charge in [-0.2, -0.15) is 0 Å². The van der Waals surface area contributed by atoms with Crippen molar-refractivity contribution in [3.63, 3.8) is 0 Å². The highest BCUT2D eigenvalue weighted by Crippen LogP contribution is 2.54. The van der Waals surface area contributed by atoms with Crippen molar-refractivity contribution in [2.45, 2.75) is 50.5 Å². The van der Waals surface area contributed by atoms with Crippen molar-refractivity contribution in [1.29, 1.82) is 0 Å². The van der Waals surface area contributed by atoms with Crippen molar-refractivity contribution in [3.05, 3.63) is 0 Å². The smallest absolute Gasteiger partial charge is 0.404 e. The van der Waals surface area contributed by atoms with Gasteiger partial charge in [0, 0.05) is 11.6 Å². The fourth-order valence-electron chi connectivity index (χ4n) is 4.38. The van der Waals surface area contributed by atoms with Gasteiger partial charge < -0.3 is 4.74 Å². The molecule has 2 nitrogen and oxygen atoms in total. The van der Waals surface area contributed by atoms with E-state index < -0.39 is 5.43 Å². The van der Waals surface area contributed by atoms with E-state index in [-0.39, 0.29) is 5.60 Å². The van der Waals surface area contributed by atoms with Crippen LogP contribution in [0.1, 0.15) is 44.9 Å². The largest absolute Gasteiger partial charge is 0.447 e. The Morgan fingerprint density at radius 3 is 2.33 bits per heavy atom. The number of hydrogen-bond acceptors (Lipinski definition) is 2. The van der Waals surface area contributed by atoms with E-state index in [1.54, 1.807) is 0 Å². The van der Waals surface area contributed by atoms with Crippen LogP contribution in [0.3, 0.4) is 0 Å². The monoisotopic (exact) mass is 228 g/mol. The Labute approximate surface area is 95.3 Å². The second-order valence-corrected chi connectivity index (χ2v) is 6.08. The Morgan fingerprint density at radius 1 is 1.13 bits per heavy atom. The molecule has 0 aromatic rings. The average Bonchev–Trinajstić information content (AvgIpc) is 2.29. The van der Waals surface area contributed by atoms with Gasteiger partial charge in [0.1, 0.15) is 5.60 Å². The highest BCUT2D eigenvalue weighted by molar-refractivity contribution is 6.61. The molecule has 0 radical (unpaired) electrons. The van der Waals surface area contributed by atoms with E-state index in [4.69, 9.17) is 16.3 Å². The molecule has 0 N–H and O–H groups in total. The fourth-order valence-corrected chi connectivity index (χ4v) is 4.55. The number of fused-ring (bicyclic) bond motifs is 1. The van der Waals surface area contributed by atoms with Crippen LogP contribution in [0.5, 0.6) is 0 Å². The molecule has 0 aromatic heterocycles. The van der Waals surface area contributed by atoms with Gasteiger partial charge in [0.05, 0.1) is 0 Å². The molecule has 0 aromatic carbocycles. The van der Waals surface area contributed by atoms with E-state index in [9.17, 15) is 4.79 Å². The molecule has 4 bridgehead atoms. The van der Waals surface area contributed by atoms with Gasteiger partial charge in [-0.25, -0.2) is 4.79 Å². The molecule has 0 aliphatic heterocycles. The molecule has 4 aliphatic rings. The molecule has 4 fully saturated rings. The van der Waals surface area contributed by atoms with E-state index in [1.807, 2.05) is 0 Å². The van der Waals surface area contributed by atoms with E-state index in [0.29, 0.717) is 0 Å². The number of rotatable bonds is 1. The Kier molecular flexibility index (Phi) is 2.24. The Hall–Kier alpha value is -0.240. The Balaban J connectivity index is 1.86. The summed E-state index contributed by atoms with van der Waals surface area (Å²) < 4.78 is 5.45. The molecule has 0 amide bonds. The summed E-state index contributed by atoms with van der Waals surface area (Å²) in [6.07, 6.45) is 8.49. The average molecular weight is 229 g/mol. The molecule has 0 saturated heterocycles. The van der Waals surface area contributed by atoms with Crippen molar-refractivity contribution < 1.29 is 9.53 Å². The topological polar surface area (TPSA) is 26.3 Å². The first kappa shape index (κ1) is 9.95. The Morgan fingerprint density at radius 2 is 1.73 bits per heavy atom. The lowest BCUT2D eigenvalue weighted by Gasteiger charge is -2.44. The summed E-state index contributed by atoms with van der Waals surface area (Å²) >= 11 is 5.40. The summed E-state index contributed by atoms with van der Waals surface area (Å²) in [5.74, 6) is 2.48. The maximum atomic E-state index is 11.0. The minimum atomic E-state index is -0.602. The van der Waals surface area contributed by atoms with Crippen LogP contribution in [0.25, 0.3) is 0 Å². The zero-order valence-electron chi connectivity index (χ0n) is 8.88. The van der Waals surface area contributed by atoms with Gasteiger partial charge in [0.2, 0.25) is 0 Å². The second kappa shape index (κ2) is 3.38. The van der Waals surface area contributed by atoms with Crippen molar-refractivity contribution in [2.75, 3.05) is 0 Å². The predicted octanol–water partition coefficient (Wildman–Crippen LogP) is 3.72. The fraction of sp³-hybridized carbons (Fsp3) is 0.917. The molecule has 4 atom stereocenters. The maximum absolute atomic E-state index is 11.0. The number of carbonyl (C=O) groups is 1.